The van der Waals surface area contributed by atoms with E-state index >= 15 is 0 Å². The maximum atomic E-state index is 13.2. The Bertz CT molecular complexity index is 1470. The van der Waals surface area contributed by atoms with E-state index in [9.17, 15) is 24.5 Å². The second-order valence-electron chi connectivity index (χ2n) is 7.91. The number of amides is 4. The fraction of sp³-hybridized carbons (Fsp3) is 0.115. The number of nitrogens with one attached hydrogen (secondary N) is 1. The summed E-state index contributed by atoms with van der Waals surface area (Å²) < 4.78 is 12.5. The number of carbonyl (C=O) groups is 3. The zero-order chi connectivity index (χ0) is 27.4. The highest BCUT2D eigenvalue weighted by molar-refractivity contribution is 9.10. The minimum atomic E-state index is -1.03. The van der Waals surface area contributed by atoms with Crippen LogP contribution in [0.15, 0.2) is 70.7 Å². The molecule has 38 heavy (non-hydrogen) atoms. The summed E-state index contributed by atoms with van der Waals surface area (Å²) in [6, 6.07) is 14.5. The lowest BCUT2D eigenvalue weighted by molar-refractivity contribution is -0.384. The summed E-state index contributed by atoms with van der Waals surface area (Å²) in [6.45, 7) is 2.28. The highest BCUT2D eigenvalue weighted by Gasteiger charge is 2.37. The van der Waals surface area contributed by atoms with Crippen LogP contribution in [0.4, 0.5) is 16.2 Å². The van der Waals surface area contributed by atoms with Crippen LogP contribution >= 0.6 is 27.5 Å². The molecule has 0 radical (unpaired) electrons. The van der Waals surface area contributed by atoms with Gasteiger partial charge in [-0.15, -0.1) is 0 Å². The van der Waals surface area contributed by atoms with E-state index in [1.165, 1.54) is 30.3 Å². The number of non-ortho nitro benzene ring substituents is 1. The average molecular weight is 601 g/mol. The number of imide groups is 2. The van der Waals surface area contributed by atoms with Gasteiger partial charge in [-0.2, -0.15) is 0 Å². The normalized spacial score (nSPS) is 14.4. The number of nitro benzene ring substituents is 1. The van der Waals surface area contributed by atoms with E-state index in [4.69, 9.17) is 21.1 Å². The first-order valence-corrected chi connectivity index (χ1v) is 12.3. The van der Waals surface area contributed by atoms with E-state index in [-0.39, 0.29) is 34.3 Å². The molecule has 12 heteroatoms. The number of urea groups is 1. The van der Waals surface area contributed by atoms with Gasteiger partial charge in [-0.1, -0.05) is 45.7 Å². The van der Waals surface area contributed by atoms with Crippen molar-refractivity contribution in [2.24, 2.45) is 0 Å². The lowest BCUT2D eigenvalue weighted by Gasteiger charge is -2.26. The average Bonchev–Trinajstić information content (AvgIpc) is 2.87. The molecule has 4 amide bonds. The number of anilines is 1. The number of halogens is 2. The van der Waals surface area contributed by atoms with Crippen molar-refractivity contribution in [3.8, 4) is 11.5 Å². The molecule has 1 N–H and O–H groups in total. The molecule has 1 aliphatic rings. The molecule has 0 aliphatic carbocycles. The molecule has 1 heterocycles. The van der Waals surface area contributed by atoms with Gasteiger partial charge in [-0.3, -0.25) is 25.0 Å². The van der Waals surface area contributed by atoms with Crippen LogP contribution in [-0.4, -0.2) is 29.4 Å². The largest absolute Gasteiger partial charge is 0.490 e. The molecule has 1 saturated heterocycles. The first-order valence-electron chi connectivity index (χ1n) is 11.2. The van der Waals surface area contributed by atoms with Crippen LogP contribution in [0, 0.1) is 10.1 Å². The third-order valence-corrected chi connectivity index (χ3v) is 6.15. The van der Waals surface area contributed by atoms with E-state index in [1.807, 2.05) is 24.3 Å². The predicted molar refractivity (Wildman–Crippen MR) is 143 cm³/mol. The van der Waals surface area contributed by atoms with Gasteiger partial charge < -0.3 is 9.47 Å². The smallest absolute Gasteiger partial charge is 0.335 e. The van der Waals surface area contributed by atoms with E-state index < -0.39 is 22.8 Å². The van der Waals surface area contributed by atoms with Gasteiger partial charge in [0.1, 0.15) is 12.2 Å². The molecule has 3 aromatic rings. The fourth-order valence-electron chi connectivity index (χ4n) is 3.61. The highest BCUT2D eigenvalue weighted by Crippen LogP contribution is 2.38. The van der Waals surface area contributed by atoms with E-state index in [1.54, 1.807) is 13.0 Å². The number of nitro groups is 1. The van der Waals surface area contributed by atoms with Crippen LogP contribution < -0.4 is 19.7 Å². The second-order valence-corrected chi connectivity index (χ2v) is 9.24. The van der Waals surface area contributed by atoms with Gasteiger partial charge in [-0.05, 0) is 54.5 Å². The first-order chi connectivity index (χ1) is 18.2. The van der Waals surface area contributed by atoms with Crippen molar-refractivity contribution in [3.05, 3.63) is 97.0 Å². The molecule has 10 nitrogen and oxygen atoms in total. The third-order valence-electron chi connectivity index (χ3n) is 5.34. The third kappa shape index (κ3) is 5.84. The summed E-state index contributed by atoms with van der Waals surface area (Å²) in [4.78, 5) is 49.4. The second kappa shape index (κ2) is 11.4. The Balaban J connectivity index is 1.66. The van der Waals surface area contributed by atoms with Crippen LogP contribution in [0.5, 0.6) is 11.5 Å². The van der Waals surface area contributed by atoms with Gasteiger partial charge in [0.05, 0.1) is 22.2 Å². The lowest BCUT2D eigenvalue weighted by Crippen LogP contribution is -2.54. The molecular weight excluding hydrogens is 582 g/mol. The molecule has 0 saturated carbocycles. The van der Waals surface area contributed by atoms with E-state index in [0.29, 0.717) is 22.8 Å². The number of hydrogen-bond donors (Lipinski definition) is 1. The van der Waals surface area contributed by atoms with Crippen LogP contribution in [0.2, 0.25) is 5.02 Å². The molecule has 194 valence electrons. The minimum Gasteiger partial charge on any atom is -0.490 e. The summed E-state index contributed by atoms with van der Waals surface area (Å²) in [5, 5.41) is 13.4. The first kappa shape index (κ1) is 26.8. The monoisotopic (exact) mass is 599 g/mol. The Kier molecular flexibility index (Phi) is 8.08. The van der Waals surface area contributed by atoms with E-state index in [2.05, 4.69) is 21.2 Å². The summed E-state index contributed by atoms with van der Waals surface area (Å²) in [7, 11) is 0. The van der Waals surface area contributed by atoms with Crippen LogP contribution in [-0.2, 0) is 16.2 Å². The molecule has 0 unspecified atom stereocenters. The van der Waals surface area contributed by atoms with Crippen molar-refractivity contribution in [2.75, 3.05) is 11.5 Å². The summed E-state index contributed by atoms with van der Waals surface area (Å²) in [5.74, 6) is -1.30. The van der Waals surface area contributed by atoms with Crippen LogP contribution in [0.1, 0.15) is 18.1 Å². The molecule has 1 aliphatic heterocycles. The molecule has 4 rings (SSSR count). The van der Waals surface area contributed by atoms with Crippen LogP contribution in [0.25, 0.3) is 6.08 Å². The molecule has 0 aromatic heterocycles. The molecular formula is C26H19BrClN3O7. The molecule has 3 aromatic carbocycles. The highest BCUT2D eigenvalue weighted by atomic mass is 79.9. The topological polar surface area (TPSA) is 128 Å². The van der Waals surface area contributed by atoms with Crippen LogP contribution in [0.3, 0.4) is 0 Å². The SMILES string of the molecule is CCOc1cc(/C=C2\C(=O)NC(=O)N(c3cccc([N+](=O)[O-])c3)C2=O)cc(Cl)c1OCc1ccc(Br)cc1. The molecule has 1 fully saturated rings. The van der Waals surface area contributed by atoms with Crippen molar-refractivity contribution in [1.29, 1.82) is 0 Å². The number of ether oxygens (including phenoxy) is 2. The molecule has 0 spiro atoms. The number of hydrogen-bond acceptors (Lipinski definition) is 7. The van der Waals surface area contributed by atoms with Crippen molar-refractivity contribution in [1.82, 2.24) is 5.32 Å². The molecule has 0 bridgehead atoms. The van der Waals surface area contributed by atoms with Crippen molar-refractivity contribution >= 4 is 62.8 Å². The Hall–Kier alpha value is -4.22. The molecule has 0 atom stereocenters. The number of carbonyl (C=O) groups excluding carboxylic acids is 3. The lowest BCUT2D eigenvalue weighted by atomic mass is 10.1. The van der Waals surface area contributed by atoms with Gasteiger partial charge in [0, 0.05) is 16.6 Å². The van der Waals surface area contributed by atoms with Crippen molar-refractivity contribution in [2.45, 2.75) is 13.5 Å². The predicted octanol–water partition coefficient (Wildman–Crippen LogP) is 5.65. The number of rotatable bonds is 8. The Morgan fingerprint density at radius 2 is 1.82 bits per heavy atom. The Morgan fingerprint density at radius 3 is 2.50 bits per heavy atom. The number of benzene rings is 3. The zero-order valence-electron chi connectivity index (χ0n) is 19.8. The van der Waals surface area contributed by atoms with Crippen molar-refractivity contribution < 1.29 is 28.8 Å². The Morgan fingerprint density at radius 1 is 1.08 bits per heavy atom. The quantitative estimate of drug-likeness (QED) is 0.153. The standard InChI is InChI=1S/C26H19BrClN3O7/c1-2-37-22-12-16(11-21(28)23(22)38-14-15-6-8-17(27)9-7-15)10-20-24(32)29-26(34)30(25(20)33)18-4-3-5-19(13-18)31(35)36/h3-13H,2,14H2,1H3,(H,29,32,34)/b20-10+. The minimum absolute atomic E-state index is 0.0650. The maximum absolute atomic E-state index is 13.2. The maximum Gasteiger partial charge on any atom is 0.335 e. The number of barbiturate groups is 1. The van der Waals surface area contributed by atoms with Gasteiger partial charge in [-0.25, -0.2) is 9.69 Å². The fourth-order valence-corrected chi connectivity index (χ4v) is 4.15. The summed E-state index contributed by atoms with van der Waals surface area (Å²) in [5.41, 5.74) is 0.468. The van der Waals surface area contributed by atoms with Crippen molar-refractivity contribution in [3.63, 3.8) is 0 Å². The summed E-state index contributed by atoms with van der Waals surface area (Å²) >= 11 is 9.87. The summed E-state index contributed by atoms with van der Waals surface area (Å²) in [6.07, 6.45) is 1.25. The zero-order valence-corrected chi connectivity index (χ0v) is 22.1. The number of nitrogens with zero attached hydrogens (tertiary/aromatic N) is 2. The Labute approximate surface area is 230 Å². The van der Waals surface area contributed by atoms with E-state index in [0.717, 1.165) is 16.1 Å². The van der Waals surface area contributed by atoms with Gasteiger partial charge in [0.15, 0.2) is 11.5 Å². The van der Waals surface area contributed by atoms with Gasteiger partial charge >= 0.3 is 6.03 Å². The van der Waals surface area contributed by atoms with Gasteiger partial charge in [0.25, 0.3) is 17.5 Å². The van der Waals surface area contributed by atoms with Gasteiger partial charge in [0.2, 0.25) is 0 Å².